The van der Waals surface area contributed by atoms with E-state index in [4.69, 9.17) is 4.74 Å². The molecule has 77 heavy (non-hydrogen) atoms. The average molecular weight is 1080 g/mol. The quantitative estimate of drug-likeness (QED) is 0.0183. The number of unbranched alkanes of at least 4 members (excludes halogenated alkanes) is 14. The molecule has 0 saturated carbocycles. The van der Waals surface area contributed by atoms with Crippen molar-refractivity contribution in [3.8, 4) is 25.9 Å². The third-order valence-electron chi connectivity index (χ3n) is 16.2. The van der Waals surface area contributed by atoms with Crippen molar-refractivity contribution in [1.29, 1.82) is 0 Å². The minimum absolute atomic E-state index is 0.0626. The van der Waals surface area contributed by atoms with Crippen molar-refractivity contribution in [2.75, 3.05) is 13.2 Å². The van der Waals surface area contributed by atoms with E-state index in [2.05, 4.69) is 97.5 Å². The summed E-state index contributed by atoms with van der Waals surface area (Å²) < 4.78 is 14.6. The van der Waals surface area contributed by atoms with E-state index in [1.807, 2.05) is 63.6 Å². The second kappa shape index (κ2) is 24.0. The number of hydrogen-bond acceptors (Lipinski definition) is 7. The molecule has 2 aliphatic heterocycles. The summed E-state index contributed by atoms with van der Waals surface area (Å²) in [5, 5.41) is 21.0. The maximum absolute atomic E-state index is 14.5. The average Bonchev–Trinajstić information content (AvgIpc) is 4.36. The lowest BCUT2D eigenvalue weighted by molar-refractivity contribution is -0.463. The van der Waals surface area contributed by atoms with Crippen molar-refractivity contribution in [3.05, 3.63) is 130 Å². The summed E-state index contributed by atoms with van der Waals surface area (Å²) in [6, 6.07) is 30.4. The lowest BCUT2D eigenvalue weighted by Crippen LogP contribution is -2.72. The Morgan fingerprint density at radius 1 is 0.623 bits per heavy atom. The second-order valence-electron chi connectivity index (χ2n) is 21.6. The van der Waals surface area contributed by atoms with Crippen molar-refractivity contribution >= 4 is 110 Å². The van der Waals surface area contributed by atoms with Crippen LogP contribution in [-0.4, -0.2) is 39.6 Å². The maximum atomic E-state index is 14.5. The number of quaternary nitrogens is 1. The van der Waals surface area contributed by atoms with Gasteiger partial charge in [0.15, 0.2) is 0 Å². The highest BCUT2D eigenvalue weighted by molar-refractivity contribution is 7.31. The minimum atomic E-state index is -0.740. The summed E-state index contributed by atoms with van der Waals surface area (Å²) >= 11 is 5.77. The number of Topliss-reactive ketones (excluding diaryl/α,β-unsaturated/α-hetero) is 2. The summed E-state index contributed by atoms with van der Waals surface area (Å²) in [5.41, 5.74) is 9.37. The Bertz CT molecular complexity index is 3660. The molecule has 11 rings (SSSR count). The van der Waals surface area contributed by atoms with Gasteiger partial charge >= 0.3 is 0 Å². The third-order valence-corrected chi connectivity index (χ3v) is 20.0. The van der Waals surface area contributed by atoms with E-state index in [9.17, 15) is 14.7 Å². The van der Waals surface area contributed by atoms with Crippen LogP contribution in [0.3, 0.4) is 0 Å². The van der Waals surface area contributed by atoms with Crippen LogP contribution >= 0.6 is 34.0 Å². The third kappa shape index (κ3) is 10.5. The van der Waals surface area contributed by atoms with Crippen molar-refractivity contribution in [1.82, 2.24) is 4.57 Å². The summed E-state index contributed by atoms with van der Waals surface area (Å²) in [5.74, 6) is -1.04. The van der Waals surface area contributed by atoms with Crippen LogP contribution in [0.4, 0.5) is 11.4 Å². The number of aromatic nitrogens is 1. The molecule has 10 heteroatoms. The van der Waals surface area contributed by atoms with Crippen LogP contribution in [0.1, 0.15) is 159 Å². The Balaban J connectivity index is 0.982. The summed E-state index contributed by atoms with van der Waals surface area (Å²) in [4.78, 5) is 33.1. The number of rotatable bonds is 27. The number of aryl methyl sites for hydroxylation is 2. The van der Waals surface area contributed by atoms with Gasteiger partial charge in [0, 0.05) is 69.3 Å². The van der Waals surface area contributed by atoms with Gasteiger partial charge in [-0.1, -0.05) is 153 Å². The summed E-state index contributed by atoms with van der Waals surface area (Å²) in [7, 11) is 0. The zero-order chi connectivity index (χ0) is 53.0. The Labute approximate surface area is 466 Å². The van der Waals surface area contributed by atoms with Crippen LogP contribution in [-0.2, 0) is 22.6 Å². The number of carbonyl (C=O) groups excluding carboxylic acids is 2. The normalized spacial score (nSPS) is 15.4. The lowest BCUT2D eigenvalue weighted by Gasteiger charge is -2.09. The zero-order valence-electron chi connectivity index (χ0n) is 45.6. The lowest BCUT2D eigenvalue weighted by atomic mass is 9.96. The molecule has 7 nitrogen and oxygen atoms in total. The maximum Gasteiger partial charge on any atom is 0.233 e. The predicted molar refractivity (Wildman–Crippen MR) is 324 cm³/mol. The first-order chi connectivity index (χ1) is 37.8. The SMILES string of the molecule is CCCCCCCC[N+]1=C(/C=C2\C(=O)C(=O)C(/C=C3/[NH2+]c4cccc5cccc3c45)=C2[O-])c2cccc3c(-c4cc(OCCCCCC)c(-c5cc6c(s5)c5sc(CCCCCC)cc5n6CCCCCC)s4)ccc1c23. The Morgan fingerprint density at radius 3 is 2.12 bits per heavy atom. The molecule has 8 aromatic rings. The number of carbonyl (C=O) groups is 2. The van der Waals surface area contributed by atoms with Gasteiger partial charge < -0.3 is 14.4 Å². The second-order valence-corrected chi connectivity index (χ2v) is 24.8. The molecular formula is C67H74N3O4S3+. The van der Waals surface area contributed by atoms with Gasteiger partial charge in [-0.3, -0.25) is 14.9 Å². The molecule has 2 N–H and O–H groups in total. The van der Waals surface area contributed by atoms with Gasteiger partial charge in [0.25, 0.3) is 0 Å². The molecule has 3 aliphatic rings. The van der Waals surface area contributed by atoms with Gasteiger partial charge in [0.2, 0.25) is 23.0 Å². The molecule has 0 amide bonds. The fourth-order valence-electron chi connectivity index (χ4n) is 12.1. The monoisotopic (exact) mass is 1080 g/mol. The Hall–Kier alpha value is -5.91. The van der Waals surface area contributed by atoms with Crippen LogP contribution in [0.2, 0.25) is 0 Å². The van der Waals surface area contributed by atoms with Crippen LogP contribution in [0.25, 0.3) is 67.9 Å². The highest BCUT2D eigenvalue weighted by Gasteiger charge is 2.37. The van der Waals surface area contributed by atoms with Gasteiger partial charge in [-0.05, 0) is 79.3 Å². The largest absolute Gasteiger partial charge is 0.871 e. The van der Waals surface area contributed by atoms with Crippen molar-refractivity contribution in [3.63, 3.8) is 0 Å². The van der Waals surface area contributed by atoms with E-state index in [1.54, 1.807) is 12.2 Å². The highest BCUT2D eigenvalue weighted by Crippen LogP contribution is 2.52. The summed E-state index contributed by atoms with van der Waals surface area (Å²) in [6.45, 7) is 11.5. The van der Waals surface area contributed by atoms with E-state index in [0.29, 0.717) is 6.61 Å². The Kier molecular flexibility index (Phi) is 16.5. The number of benzene rings is 4. The van der Waals surface area contributed by atoms with Crippen molar-refractivity contribution < 1.29 is 29.3 Å². The van der Waals surface area contributed by atoms with Gasteiger partial charge in [-0.15, -0.1) is 34.0 Å². The zero-order valence-corrected chi connectivity index (χ0v) is 48.1. The van der Waals surface area contributed by atoms with E-state index >= 15 is 0 Å². The van der Waals surface area contributed by atoms with E-state index < -0.39 is 17.3 Å². The molecule has 4 aromatic heterocycles. The standard InChI is InChI=1S/C67H73N3O4S3/c1-5-9-13-17-18-21-35-69-53-34-33-45(46-29-25-31-48(61(46)53)54(69)40-50-62(71)49(63(72)64(50)73)39-52-47-30-23-26-43-27-24-32-51(68-52)60(43)47)58-42-57(74-37-22-16-12-8-4)67(76-58)59-41-56-66(77-59)65-55(70(56)36-20-15-11-7-3)38-44(75-65)28-19-14-10-6-2/h23-27,29-34,38-42H,5-22,28,35-37H2,1-4H3,(H,71,73)/p+1. The molecule has 0 bridgehead atoms. The predicted octanol–water partition coefficient (Wildman–Crippen LogP) is 17.0. The fourth-order valence-corrected chi connectivity index (χ4v) is 15.8. The van der Waals surface area contributed by atoms with Gasteiger partial charge in [-0.25, -0.2) is 0 Å². The molecule has 0 unspecified atom stereocenters. The number of nitrogens with two attached hydrogens (primary N) is 1. The first-order valence-corrected chi connectivity index (χ1v) is 31.6. The van der Waals surface area contributed by atoms with Crippen molar-refractivity contribution in [2.24, 2.45) is 0 Å². The smallest absolute Gasteiger partial charge is 0.233 e. The molecular weight excluding hydrogens is 1010 g/mol. The first-order valence-electron chi connectivity index (χ1n) is 29.1. The van der Waals surface area contributed by atoms with E-state index in [0.717, 1.165) is 123 Å². The number of nitrogens with zero attached hydrogens (tertiary/aromatic N) is 2. The molecule has 6 heterocycles. The van der Waals surface area contributed by atoms with Crippen LogP contribution < -0.4 is 15.2 Å². The topological polar surface area (TPSA) is 91.0 Å². The van der Waals surface area contributed by atoms with Gasteiger partial charge in [-0.2, -0.15) is 4.58 Å². The van der Waals surface area contributed by atoms with Crippen molar-refractivity contribution in [2.45, 2.75) is 156 Å². The van der Waals surface area contributed by atoms with Crippen LogP contribution in [0.15, 0.2) is 114 Å². The number of ketones is 2. The number of thiophene rings is 3. The van der Waals surface area contributed by atoms with E-state index in [1.165, 1.54) is 119 Å². The summed E-state index contributed by atoms with van der Waals surface area (Å²) in [6.07, 6.45) is 25.9. The highest BCUT2D eigenvalue weighted by atomic mass is 32.1. The molecule has 4 aromatic carbocycles. The molecule has 398 valence electrons. The molecule has 0 fully saturated rings. The molecule has 0 spiro atoms. The molecule has 0 radical (unpaired) electrons. The number of hydrogen-bond donors (Lipinski definition) is 1. The van der Waals surface area contributed by atoms with Crippen LogP contribution in [0.5, 0.6) is 5.75 Å². The van der Waals surface area contributed by atoms with Gasteiger partial charge in [0.1, 0.15) is 23.7 Å². The molecule has 0 atom stereocenters. The number of allylic oxidation sites excluding steroid dienone is 4. The van der Waals surface area contributed by atoms with E-state index in [-0.39, 0.29) is 11.1 Å². The Morgan fingerprint density at radius 2 is 1.31 bits per heavy atom. The molecule has 0 saturated heterocycles. The minimum Gasteiger partial charge on any atom is -0.871 e. The fraction of sp³-hybridized carbons (Fsp3) is 0.388. The van der Waals surface area contributed by atoms with Crippen LogP contribution in [0, 0.1) is 0 Å². The van der Waals surface area contributed by atoms with Gasteiger partial charge in [0.05, 0.1) is 53.1 Å². The first kappa shape index (κ1) is 53.1. The molecule has 1 aliphatic carbocycles. The number of fused-ring (bicyclic) bond motifs is 3. The number of ether oxygens (including phenoxy) is 1.